The number of nitrogens with one attached hydrogen (secondary N) is 1. The quantitative estimate of drug-likeness (QED) is 0.685. The van der Waals surface area contributed by atoms with Gasteiger partial charge in [0.05, 0.1) is 18.8 Å². The monoisotopic (exact) mass is 268 g/mol. The molecule has 2 fully saturated rings. The van der Waals surface area contributed by atoms with Gasteiger partial charge in [0, 0.05) is 13.2 Å². The summed E-state index contributed by atoms with van der Waals surface area (Å²) in [5, 5.41) is 3.47. The van der Waals surface area contributed by atoms with E-state index in [4.69, 9.17) is 4.74 Å². The standard InChI is InChI=1S/C15H28N2O2/c1-4-11(3)14-15(18)17(13(5-2)16-14)8-9-19-10-12-6-7-12/h11-14,16H,4-10H2,1-3H3. The molecule has 0 radical (unpaired) electrons. The number of hydrogen-bond donors (Lipinski definition) is 1. The fourth-order valence-electron chi connectivity index (χ4n) is 2.65. The Labute approximate surface area is 116 Å². The highest BCUT2D eigenvalue weighted by Gasteiger charge is 2.39. The highest BCUT2D eigenvalue weighted by molar-refractivity contribution is 5.84. The van der Waals surface area contributed by atoms with E-state index in [1.807, 2.05) is 4.90 Å². The fraction of sp³-hybridized carbons (Fsp3) is 0.933. The summed E-state index contributed by atoms with van der Waals surface area (Å²) in [7, 11) is 0. The highest BCUT2D eigenvalue weighted by Crippen LogP contribution is 2.28. The summed E-state index contributed by atoms with van der Waals surface area (Å²) in [6.45, 7) is 8.69. The van der Waals surface area contributed by atoms with E-state index >= 15 is 0 Å². The molecule has 19 heavy (non-hydrogen) atoms. The number of nitrogens with zero attached hydrogens (tertiary/aromatic N) is 1. The maximum Gasteiger partial charge on any atom is 0.241 e. The zero-order chi connectivity index (χ0) is 13.8. The van der Waals surface area contributed by atoms with Crippen molar-refractivity contribution in [3.8, 4) is 0 Å². The first-order valence-corrected chi connectivity index (χ1v) is 7.81. The molecule has 110 valence electrons. The minimum Gasteiger partial charge on any atom is -0.379 e. The third-order valence-corrected chi connectivity index (χ3v) is 4.42. The van der Waals surface area contributed by atoms with Crippen LogP contribution in [0.5, 0.6) is 0 Å². The van der Waals surface area contributed by atoms with E-state index in [-0.39, 0.29) is 18.1 Å². The second kappa shape index (κ2) is 6.71. The summed E-state index contributed by atoms with van der Waals surface area (Å²) in [4.78, 5) is 14.4. The number of amides is 1. The van der Waals surface area contributed by atoms with Crippen molar-refractivity contribution in [2.45, 2.75) is 58.7 Å². The van der Waals surface area contributed by atoms with Crippen molar-refractivity contribution in [2.24, 2.45) is 11.8 Å². The predicted octanol–water partition coefficient (Wildman–Crippen LogP) is 2.00. The summed E-state index contributed by atoms with van der Waals surface area (Å²) in [5.41, 5.74) is 0. The second-order valence-corrected chi connectivity index (χ2v) is 6.00. The Hall–Kier alpha value is -0.610. The third-order valence-electron chi connectivity index (χ3n) is 4.42. The van der Waals surface area contributed by atoms with Crippen LogP contribution in [0.4, 0.5) is 0 Å². The van der Waals surface area contributed by atoms with Crippen molar-refractivity contribution in [3.05, 3.63) is 0 Å². The van der Waals surface area contributed by atoms with Gasteiger partial charge in [-0.1, -0.05) is 27.2 Å². The minimum absolute atomic E-state index is 0.00150. The largest absolute Gasteiger partial charge is 0.379 e. The molecule has 3 unspecified atom stereocenters. The molecule has 1 aliphatic carbocycles. The van der Waals surface area contributed by atoms with Crippen LogP contribution < -0.4 is 5.32 Å². The van der Waals surface area contributed by atoms with Crippen LogP contribution in [-0.2, 0) is 9.53 Å². The maximum atomic E-state index is 12.4. The lowest BCUT2D eigenvalue weighted by molar-refractivity contribution is -0.131. The fourth-order valence-corrected chi connectivity index (χ4v) is 2.65. The van der Waals surface area contributed by atoms with Gasteiger partial charge in [-0.3, -0.25) is 10.1 Å². The van der Waals surface area contributed by atoms with Crippen molar-refractivity contribution in [1.82, 2.24) is 10.2 Å². The van der Waals surface area contributed by atoms with Crippen molar-refractivity contribution >= 4 is 5.91 Å². The van der Waals surface area contributed by atoms with Gasteiger partial charge in [-0.05, 0) is 31.1 Å². The molecule has 4 heteroatoms. The number of hydrogen-bond acceptors (Lipinski definition) is 3. The molecule has 1 saturated heterocycles. The Morgan fingerprint density at radius 1 is 1.42 bits per heavy atom. The van der Waals surface area contributed by atoms with Gasteiger partial charge in [0.15, 0.2) is 0 Å². The Kier molecular flexibility index (Phi) is 5.22. The van der Waals surface area contributed by atoms with E-state index < -0.39 is 0 Å². The van der Waals surface area contributed by atoms with Gasteiger partial charge in [-0.15, -0.1) is 0 Å². The van der Waals surface area contributed by atoms with E-state index in [0.717, 1.165) is 31.9 Å². The SMILES string of the molecule is CCC(C)C1NC(CC)N(CCOCC2CC2)C1=O. The zero-order valence-corrected chi connectivity index (χ0v) is 12.5. The highest BCUT2D eigenvalue weighted by atomic mass is 16.5. The Morgan fingerprint density at radius 2 is 2.16 bits per heavy atom. The first kappa shape index (κ1) is 14.8. The van der Waals surface area contributed by atoms with Crippen LogP contribution in [0.3, 0.4) is 0 Å². The molecule has 3 atom stereocenters. The first-order chi connectivity index (χ1) is 9.17. The van der Waals surface area contributed by atoms with Crippen molar-refractivity contribution in [1.29, 1.82) is 0 Å². The number of carbonyl (C=O) groups excluding carboxylic acids is 1. The molecular formula is C15H28N2O2. The molecule has 0 spiro atoms. The van der Waals surface area contributed by atoms with E-state index in [1.54, 1.807) is 0 Å². The van der Waals surface area contributed by atoms with Gasteiger partial charge >= 0.3 is 0 Å². The molecule has 2 aliphatic rings. The van der Waals surface area contributed by atoms with Crippen LogP contribution in [0, 0.1) is 11.8 Å². The van der Waals surface area contributed by atoms with E-state index in [0.29, 0.717) is 12.5 Å². The summed E-state index contributed by atoms with van der Waals surface area (Å²) >= 11 is 0. The molecule has 1 heterocycles. The molecule has 0 aromatic carbocycles. The Bertz CT molecular complexity index is 305. The lowest BCUT2D eigenvalue weighted by Crippen LogP contribution is -2.39. The summed E-state index contributed by atoms with van der Waals surface area (Å²) < 4.78 is 5.66. The van der Waals surface area contributed by atoms with Crippen LogP contribution in [-0.4, -0.2) is 42.8 Å². The molecule has 0 aromatic heterocycles. The van der Waals surface area contributed by atoms with E-state index in [1.165, 1.54) is 12.8 Å². The lowest BCUT2D eigenvalue weighted by atomic mass is 9.99. The Morgan fingerprint density at radius 3 is 2.74 bits per heavy atom. The van der Waals surface area contributed by atoms with Gasteiger partial charge in [0.25, 0.3) is 0 Å². The van der Waals surface area contributed by atoms with Crippen molar-refractivity contribution in [2.75, 3.05) is 19.8 Å². The number of carbonyl (C=O) groups is 1. The molecule has 0 aromatic rings. The van der Waals surface area contributed by atoms with Crippen molar-refractivity contribution < 1.29 is 9.53 Å². The van der Waals surface area contributed by atoms with Crippen LogP contribution >= 0.6 is 0 Å². The lowest BCUT2D eigenvalue weighted by Gasteiger charge is -2.22. The average molecular weight is 268 g/mol. The summed E-state index contributed by atoms with van der Waals surface area (Å²) in [5.74, 6) is 1.46. The molecule has 2 rings (SSSR count). The van der Waals surface area contributed by atoms with Crippen LogP contribution in [0.1, 0.15) is 46.5 Å². The van der Waals surface area contributed by atoms with Gasteiger partial charge in [-0.25, -0.2) is 0 Å². The average Bonchev–Trinajstić information content (AvgIpc) is 3.19. The number of rotatable bonds is 8. The predicted molar refractivity (Wildman–Crippen MR) is 75.7 cm³/mol. The molecule has 1 saturated carbocycles. The topological polar surface area (TPSA) is 41.6 Å². The molecule has 0 bridgehead atoms. The summed E-state index contributed by atoms with van der Waals surface area (Å²) in [6, 6.07) is -0.00150. The Balaban J connectivity index is 1.80. The van der Waals surface area contributed by atoms with Gasteiger partial charge in [-0.2, -0.15) is 0 Å². The first-order valence-electron chi connectivity index (χ1n) is 7.81. The summed E-state index contributed by atoms with van der Waals surface area (Å²) in [6.07, 6.45) is 4.82. The smallest absolute Gasteiger partial charge is 0.241 e. The number of ether oxygens (including phenoxy) is 1. The van der Waals surface area contributed by atoms with E-state index in [2.05, 4.69) is 26.1 Å². The van der Waals surface area contributed by atoms with Crippen LogP contribution in [0.25, 0.3) is 0 Å². The molecule has 4 nitrogen and oxygen atoms in total. The normalized spacial score (nSPS) is 29.0. The molecule has 1 amide bonds. The van der Waals surface area contributed by atoms with Gasteiger partial charge in [0.2, 0.25) is 5.91 Å². The minimum atomic E-state index is -0.00150. The van der Waals surface area contributed by atoms with Crippen molar-refractivity contribution in [3.63, 3.8) is 0 Å². The third kappa shape index (κ3) is 3.69. The van der Waals surface area contributed by atoms with Crippen LogP contribution in [0.15, 0.2) is 0 Å². The molecule has 1 aliphatic heterocycles. The molecular weight excluding hydrogens is 240 g/mol. The van der Waals surface area contributed by atoms with Gasteiger partial charge < -0.3 is 9.64 Å². The second-order valence-electron chi connectivity index (χ2n) is 6.00. The van der Waals surface area contributed by atoms with Crippen LogP contribution in [0.2, 0.25) is 0 Å². The maximum absolute atomic E-state index is 12.4. The van der Waals surface area contributed by atoms with Gasteiger partial charge in [0.1, 0.15) is 0 Å². The molecule has 1 N–H and O–H groups in total. The van der Waals surface area contributed by atoms with E-state index in [9.17, 15) is 4.79 Å². The zero-order valence-electron chi connectivity index (χ0n) is 12.5.